The molecule has 1 aliphatic heterocycles. The molecule has 0 saturated carbocycles. The van der Waals surface area contributed by atoms with Gasteiger partial charge in [0.2, 0.25) is 5.91 Å². The Bertz CT molecular complexity index is 231. The summed E-state index contributed by atoms with van der Waals surface area (Å²) >= 11 is 0. The molecule has 0 aliphatic carbocycles. The molecular formula is C15H30N2O. The first-order chi connectivity index (χ1) is 8.79. The maximum atomic E-state index is 12.1. The average molecular weight is 254 g/mol. The van der Waals surface area contributed by atoms with Gasteiger partial charge >= 0.3 is 0 Å². The smallest absolute Gasteiger partial charge is 0.224 e. The second-order valence-corrected chi connectivity index (χ2v) is 5.35. The Labute approximate surface area is 112 Å². The lowest BCUT2D eigenvalue weighted by Crippen LogP contribution is -2.44. The van der Waals surface area contributed by atoms with Gasteiger partial charge in [-0.15, -0.1) is 0 Å². The highest BCUT2D eigenvalue weighted by molar-refractivity contribution is 5.76. The molecule has 1 heterocycles. The standard InChI is InChI=1S/C15H30N2O/c1-3-5-7-11-16-12-10-15(18)17-13-8-6-9-14(17)4-2/h14,16H,3-13H2,1-2H3. The van der Waals surface area contributed by atoms with Crippen LogP contribution in [0.1, 0.15) is 65.2 Å². The lowest BCUT2D eigenvalue weighted by atomic mass is 9.99. The zero-order chi connectivity index (χ0) is 13.2. The summed E-state index contributed by atoms with van der Waals surface area (Å²) in [4.78, 5) is 14.3. The first-order valence-corrected chi connectivity index (χ1v) is 7.79. The number of carbonyl (C=O) groups is 1. The van der Waals surface area contributed by atoms with Crippen molar-refractivity contribution in [1.82, 2.24) is 10.2 Å². The number of piperidine rings is 1. The molecule has 3 heteroatoms. The van der Waals surface area contributed by atoms with Crippen LogP contribution in [0.2, 0.25) is 0 Å². The third-order valence-electron chi connectivity index (χ3n) is 3.89. The van der Waals surface area contributed by atoms with Crippen LogP contribution in [0.15, 0.2) is 0 Å². The molecule has 0 aromatic heterocycles. The van der Waals surface area contributed by atoms with E-state index in [9.17, 15) is 4.79 Å². The molecule has 1 saturated heterocycles. The quantitative estimate of drug-likeness (QED) is 0.675. The van der Waals surface area contributed by atoms with Crippen molar-refractivity contribution in [3.05, 3.63) is 0 Å². The fourth-order valence-electron chi connectivity index (χ4n) is 2.72. The molecule has 0 bridgehead atoms. The van der Waals surface area contributed by atoms with Crippen LogP contribution in [0, 0.1) is 0 Å². The summed E-state index contributed by atoms with van der Waals surface area (Å²) in [6.45, 7) is 7.28. The number of amides is 1. The van der Waals surface area contributed by atoms with Gasteiger partial charge < -0.3 is 10.2 Å². The van der Waals surface area contributed by atoms with Gasteiger partial charge in [-0.25, -0.2) is 0 Å². The Morgan fingerprint density at radius 3 is 2.78 bits per heavy atom. The molecular weight excluding hydrogens is 224 g/mol. The number of carbonyl (C=O) groups excluding carboxylic acids is 1. The van der Waals surface area contributed by atoms with Crippen LogP contribution in [0.25, 0.3) is 0 Å². The van der Waals surface area contributed by atoms with Gasteiger partial charge in [-0.05, 0) is 38.6 Å². The van der Waals surface area contributed by atoms with Gasteiger partial charge in [0.1, 0.15) is 0 Å². The summed E-state index contributed by atoms with van der Waals surface area (Å²) in [5.74, 6) is 0.351. The Balaban J connectivity index is 2.14. The van der Waals surface area contributed by atoms with Crippen LogP contribution in [-0.2, 0) is 4.79 Å². The van der Waals surface area contributed by atoms with Crippen LogP contribution in [0.3, 0.4) is 0 Å². The summed E-state index contributed by atoms with van der Waals surface area (Å²) in [7, 11) is 0. The molecule has 1 atom stereocenters. The topological polar surface area (TPSA) is 32.3 Å². The van der Waals surface area contributed by atoms with Crippen molar-refractivity contribution in [2.75, 3.05) is 19.6 Å². The minimum atomic E-state index is 0.351. The van der Waals surface area contributed by atoms with Gasteiger partial charge in [0.15, 0.2) is 0 Å². The Morgan fingerprint density at radius 1 is 1.22 bits per heavy atom. The molecule has 18 heavy (non-hydrogen) atoms. The third kappa shape index (κ3) is 5.38. The van der Waals surface area contributed by atoms with Crippen LogP contribution in [0.5, 0.6) is 0 Å². The van der Waals surface area contributed by atoms with Crippen molar-refractivity contribution in [3.63, 3.8) is 0 Å². The first-order valence-electron chi connectivity index (χ1n) is 7.79. The second kappa shape index (κ2) is 9.37. The molecule has 1 amide bonds. The van der Waals surface area contributed by atoms with Crippen LogP contribution < -0.4 is 5.32 Å². The average Bonchev–Trinajstić information content (AvgIpc) is 2.42. The van der Waals surface area contributed by atoms with Crippen molar-refractivity contribution < 1.29 is 4.79 Å². The molecule has 0 aromatic carbocycles. The molecule has 106 valence electrons. The van der Waals surface area contributed by atoms with E-state index in [1.165, 1.54) is 38.5 Å². The zero-order valence-corrected chi connectivity index (χ0v) is 12.2. The van der Waals surface area contributed by atoms with Gasteiger partial charge in [0.25, 0.3) is 0 Å². The highest BCUT2D eigenvalue weighted by Crippen LogP contribution is 2.19. The molecule has 1 aliphatic rings. The second-order valence-electron chi connectivity index (χ2n) is 5.35. The number of nitrogens with one attached hydrogen (secondary N) is 1. The minimum absolute atomic E-state index is 0.351. The molecule has 0 spiro atoms. The Kier molecular flexibility index (Phi) is 8.06. The van der Waals surface area contributed by atoms with Gasteiger partial charge in [0, 0.05) is 25.6 Å². The Hall–Kier alpha value is -0.570. The lowest BCUT2D eigenvalue weighted by molar-refractivity contribution is -0.134. The normalized spacial score (nSPS) is 20.1. The van der Waals surface area contributed by atoms with Gasteiger partial charge in [0.05, 0.1) is 0 Å². The van der Waals surface area contributed by atoms with E-state index in [0.29, 0.717) is 18.4 Å². The van der Waals surface area contributed by atoms with E-state index in [1.54, 1.807) is 0 Å². The first kappa shape index (κ1) is 15.5. The van der Waals surface area contributed by atoms with E-state index in [2.05, 4.69) is 24.1 Å². The minimum Gasteiger partial charge on any atom is -0.340 e. The van der Waals surface area contributed by atoms with E-state index in [4.69, 9.17) is 0 Å². The number of hydrogen-bond acceptors (Lipinski definition) is 2. The van der Waals surface area contributed by atoms with Crippen molar-refractivity contribution >= 4 is 5.91 Å². The van der Waals surface area contributed by atoms with E-state index in [-0.39, 0.29) is 0 Å². The van der Waals surface area contributed by atoms with Crippen LogP contribution in [-0.4, -0.2) is 36.5 Å². The number of unbranched alkanes of at least 4 members (excludes halogenated alkanes) is 2. The van der Waals surface area contributed by atoms with Crippen LogP contribution in [0.4, 0.5) is 0 Å². The monoisotopic (exact) mass is 254 g/mol. The van der Waals surface area contributed by atoms with E-state index >= 15 is 0 Å². The highest BCUT2D eigenvalue weighted by atomic mass is 16.2. The summed E-state index contributed by atoms with van der Waals surface area (Å²) in [5, 5.41) is 3.38. The SMILES string of the molecule is CCCCCNCCC(=O)N1CCCCC1CC. The maximum Gasteiger partial charge on any atom is 0.224 e. The predicted octanol–water partition coefficient (Wildman–Crippen LogP) is 2.95. The van der Waals surface area contributed by atoms with Crippen molar-refractivity contribution in [1.29, 1.82) is 0 Å². The van der Waals surface area contributed by atoms with E-state index in [0.717, 1.165) is 26.1 Å². The Morgan fingerprint density at radius 2 is 2.06 bits per heavy atom. The fraction of sp³-hybridized carbons (Fsp3) is 0.933. The number of likely N-dealkylation sites (tertiary alicyclic amines) is 1. The maximum absolute atomic E-state index is 12.1. The van der Waals surface area contributed by atoms with E-state index < -0.39 is 0 Å². The van der Waals surface area contributed by atoms with Gasteiger partial charge in [-0.3, -0.25) is 4.79 Å². The van der Waals surface area contributed by atoms with Crippen molar-refractivity contribution in [2.45, 2.75) is 71.3 Å². The number of rotatable bonds is 8. The van der Waals surface area contributed by atoms with E-state index in [1.807, 2.05) is 0 Å². The van der Waals surface area contributed by atoms with Crippen molar-refractivity contribution in [2.24, 2.45) is 0 Å². The third-order valence-corrected chi connectivity index (χ3v) is 3.89. The highest BCUT2D eigenvalue weighted by Gasteiger charge is 2.24. The molecule has 1 rings (SSSR count). The lowest BCUT2D eigenvalue weighted by Gasteiger charge is -2.35. The zero-order valence-electron chi connectivity index (χ0n) is 12.2. The van der Waals surface area contributed by atoms with Crippen molar-refractivity contribution in [3.8, 4) is 0 Å². The molecule has 1 fully saturated rings. The summed E-state index contributed by atoms with van der Waals surface area (Å²) in [6, 6.07) is 0.506. The predicted molar refractivity (Wildman–Crippen MR) is 76.7 cm³/mol. The number of nitrogens with zero attached hydrogens (tertiary/aromatic N) is 1. The van der Waals surface area contributed by atoms with Gasteiger partial charge in [-0.2, -0.15) is 0 Å². The molecule has 0 radical (unpaired) electrons. The van der Waals surface area contributed by atoms with Gasteiger partial charge in [-0.1, -0.05) is 26.7 Å². The van der Waals surface area contributed by atoms with Crippen LogP contribution >= 0.6 is 0 Å². The molecule has 1 unspecified atom stereocenters. The molecule has 3 nitrogen and oxygen atoms in total. The number of hydrogen-bond donors (Lipinski definition) is 1. The summed E-state index contributed by atoms with van der Waals surface area (Å²) < 4.78 is 0. The summed E-state index contributed by atoms with van der Waals surface area (Å²) in [6.07, 6.45) is 9.22. The summed E-state index contributed by atoms with van der Waals surface area (Å²) in [5.41, 5.74) is 0. The molecule has 0 aromatic rings. The fourth-order valence-corrected chi connectivity index (χ4v) is 2.72. The largest absolute Gasteiger partial charge is 0.340 e. The molecule has 1 N–H and O–H groups in total.